The van der Waals surface area contributed by atoms with Crippen LogP contribution in [0.4, 0.5) is 5.69 Å². The van der Waals surface area contributed by atoms with Gasteiger partial charge in [0.05, 0.1) is 12.3 Å². The van der Waals surface area contributed by atoms with Gasteiger partial charge in [0.2, 0.25) is 5.91 Å². The molecule has 118 valence electrons. The molecule has 0 saturated heterocycles. The second kappa shape index (κ2) is 7.11. The van der Waals surface area contributed by atoms with Crippen LogP contribution in [0.5, 0.6) is 5.75 Å². The van der Waals surface area contributed by atoms with Gasteiger partial charge in [0, 0.05) is 18.5 Å². The molecule has 1 aromatic rings. The Morgan fingerprint density at radius 3 is 2.91 bits per heavy atom. The Morgan fingerprint density at radius 2 is 2.23 bits per heavy atom. The van der Waals surface area contributed by atoms with Crippen molar-refractivity contribution in [1.29, 1.82) is 0 Å². The fraction of sp³-hybridized carbons (Fsp3) is 0.412. The van der Waals surface area contributed by atoms with Gasteiger partial charge in [0.1, 0.15) is 5.75 Å². The van der Waals surface area contributed by atoms with Crippen LogP contribution in [0, 0.1) is 0 Å². The fourth-order valence-electron chi connectivity index (χ4n) is 2.50. The first-order valence-corrected chi connectivity index (χ1v) is 7.45. The monoisotopic (exact) mass is 303 g/mol. The molecule has 0 N–H and O–H groups in total. The molecule has 0 bridgehead atoms. The molecule has 0 aliphatic carbocycles. The molecule has 22 heavy (non-hydrogen) atoms. The highest BCUT2D eigenvalue weighted by Gasteiger charge is 2.27. The van der Waals surface area contributed by atoms with E-state index in [2.05, 4.69) is 6.58 Å². The van der Waals surface area contributed by atoms with Gasteiger partial charge in [-0.15, -0.1) is 6.58 Å². The number of ether oxygens (including phenoxy) is 2. The maximum Gasteiger partial charge on any atom is 0.347 e. The molecule has 1 aliphatic heterocycles. The zero-order chi connectivity index (χ0) is 16.1. The maximum absolute atomic E-state index is 12.0. The summed E-state index contributed by atoms with van der Waals surface area (Å²) in [5.74, 6) is 0.303. The van der Waals surface area contributed by atoms with E-state index in [-0.39, 0.29) is 5.91 Å². The average molecular weight is 303 g/mol. The summed E-state index contributed by atoms with van der Waals surface area (Å²) in [6.07, 6.45) is 2.04. The first-order valence-electron chi connectivity index (χ1n) is 7.45. The van der Waals surface area contributed by atoms with E-state index in [1.165, 1.54) is 0 Å². The summed E-state index contributed by atoms with van der Waals surface area (Å²) in [6, 6.07) is 5.52. The van der Waals surface area contributed by atoms with Crippen LogP contribution in [-0.4, -0.2) is 31.1 Å². The van der Waals surface area contributed by atoms with E-state index in [1.807, 2.05) is 18.2 Å². The quantitative estimate of drug-likeness (QED) is 0.598. The number of carbonyl (C=O) groups excluding carboxylic acids is 2. The Bertz CT molecular complexity index is 582. The molecule has 1 aliphatic rings. The van der Waals surface area contributed by atoms with Crippen molar-refractivity contribution in [2.75, 3.05) is 18.1 Å². The molecule has 1 atom stereocenters. The Kier molecular flexibility index (Phi) is 5.20. The standard InChI is InChI=1S/C17H21NO4/c1-4-11-18-14-7-6-8-15(13(14)9-10-16(18)19)22-12(3)17(20)21-5-2/h4,6-8,12H,1,5,9-11H2,2-3H3. The average Bonchev–Trinajstić information content (AvgIpc) is 2.50. The molecular weight excluding hydrogens is 282 g/mol. The van der Waals surface area contributed by atoms with E-state index in [0.717, 1.165) is 11.3 Å². The number of hydrogen-bond donors (Lipinski definition) is 0. The molecule has 1 heterocycles. The number of carbonyl (C=O) groups is 2. The highest BCUT2D eigenvalue weighted by molar-refractivity contribution is 5.97. The number of amides is 1. The summed E-state index contributed by atoms with van der Waals surface area (Å²) >= 11 is 0. The van der Waals surface area contributed by atoms with Crippen molar-refractivity contribution >= 4 is 17.6 Å². The van der Waals surface area contributed by atoms with Crippen LogP contribution in [0.2, 0.25) is 0 Å². The lowest BCUT2D eigenvalue weighted by atomic mass is 10.00. The Hall–Kier alpha value is -2.30. The lowest BCUT2D eigenvalue weighted by Gasteiger charge is -2.30. The minimum absolute atomic E-state index is 0.0722. The molecule has 0 spiro atoms. The number of anilines is 1. The third-order valence-corrected chi connectivity index (χ3v) is 3.52. The summed E-state index contributed by atoms with van der Waals surface area (Å²) < 4.78 is 10.7. The van der Waals surface area contributed by atoms with Crippen molar-refractivity contribution in [2.45, 2.75) is 32.8 Å². The number of nitrogens with zero attached hydrogens (tertiary/aromatic N) is 1. The summed E-state index contributed by atoms with van der Waals surface area (Å²) in [4.78, 5) is 25.4. The van der Waals surface area contributed by atoms with Gasteiger partial charge in [-0.3, -0.25) is 4.79 Å². The Morgan fingerprint density at radius 1 is 1.45 bits per heavy atom. The second-order valence-corrected chi connectivity index (χ2v) is 5.06. The van der Waals surface area contributed by atoms with Crippen LogP contribution < -0.4 is 9.64 Å². The molecule has 0 saturated carbocycles. The molecular formula is C17H21NO4. The molecule has 1 amide bonds. The largest absolute Gasteiger partial charge is 0.479 e. The molecule has 0 aromatic heterocycles. The molecule has 1 aromatic carbocycles. The minimum Gasteiger partial charge on any atom is -0.479 e. The minimum atomic E-state index is -0.683. The summed E-state index contributed by atoms with van der Waals surface area (Å²) in [5.41, 5.74) is 1.77. The van der Waals surface area contributed by atoms with Gasteiger partial charge in [0.25, 0.3) is 0 Å². The van der Waals surface area contributed by atoms with Crippen LogP contribution in [0.3, 0.4) is 0 Å². The van der Waals surface area contributed by atoms with Crippen LogP contribution in [0.25, 0.3) is 0 Å². The van der Waals surface area contributed by atoms with Gasteiger partial charge in [-0.2, -0.15) is 0 Å². The van der Waals surface area contributed by atoms with E-state index in [4.69, 9.17) is 9.47 Å². The first-order chi connectivity index (χ1) is 10.6. The van der Waals surface area contributed by atoms with E-state index in [1.54, 1.807) is 24.8 Å². The maximum atomic E-state index is 12.0. The van der Waals surface area contributed by atoms with Crippen molar-refractivity contribution in [2.24, 2.45) is 0 Å². The van der Waals surface area contributed by atoms with Crippen LogP contribution in [0.1, 0.15) is 25.8 Å². The van der Waals surface area contributed by atoms with E-state index in [9.17, 15) is 9.59 Å². The number of esters is 1. The number of hydrogen-bond acceptors (Lipinski definition) is 4. The van der Waals surface area contributed by atoms with Crippen molar-refractivity contribution in [3.8, 4) is 5.75 Å². The van der Waals surface area contributed by atoms with Crippen LogP contribution >= 0.6 is 0 Å². The van der Waals surface area contributed by atoms with E-state index in [0.29, 0.717) is 31.7 Å². The van der Waals surface area contributed by atoms with E-state index >= 15 is 0 Å². The second-order valence-electron chi connectivity index (χ2n) is 5.06. The lowest BCUT2D eigenvalue weighted by Crippen LogP contribution is -2.35. The summed E-state index contributed by atoms with van der Waals surface area (Å²) in [7, 11) is 0. The predicted molar refractivity (Wildman–Crippen MR) is 84.0 cm³/mol. The van der Waals surface area contributed by atoms with Gasteiger partial charge in [-0.25, -0.2) is 4.79 Å². The molecule has 1 unspecified atom stereocenters. The lowest BCUT2D eigenvalue weighted by molar-refractivity contribution is -0.150. The van der Waals surface area contributed by atoms with Crippen molar-refractivity contribution < 1.29 is 19.1 Å². The zero-order valence-electron chi connectivity index (χ0n) is 13.0. The molecule has 0 radical (unpaired) electrons. The van der Waals surface area contributed by atoms with Gasteiger partial charge < -0.3 is 14.4 Å². The molecule has 0 fully saturated rings. The van der Waals surface area contributed by atoms with Gasteiger partial charge in [-0.1, -0.05) is 12.1 Å². The predicted octanol–water partition coefficient (Wildman–Crippen LogP) is 2.48. The fourth-order valence-corrected chi connectivity index (χ4v) is 2.50. The van der Waals surface area contributed by atoms with Crippen LogP contribution in [0.15, 0.2) is 30.9 Å². The van der Waals surface area contributed by atoms with Crippen LogP contribution in [-0.2, 0) is 20.7 Å². The third kappa shape index (κ3) is 3.30. The number of benzene rings is 1. The highest BCUT2D eigenvalue weighted by atomic mass is 16.6. The van der Waals surface area contributed by atoms with Crippen molar-refractivity contribution in [3.05, 3.63) is 36.4 Å². The Labute approximate surface area is 130 Å². The molecule has 5 heteroatoms. The van der Waals surface area contributed by atoms with Gasteiger partial charge >= 0.3 is 5.97 Å². The summed E-state index contributed by atoms with van der Waals surface area (Å²) in [6.45, 7) is 7.89. The topological polar surface area (TPSA) is 55.8 Å². The SMILES string of the molecule is C=CCN1C(=O)CCc2c(OC(C)C(=O)OCC)cccc21. The Balaban J connectivity index is 2.26. The first kappa shape index (κ1) is 16.1. The summed E-state index contributed by atoms with van der Waals surface area (Å²) in [5, 5.41) is 0. The number of fused-ring (bicyclic) bond motifs is 1. The zero-order valence-corrected chi connectivity index (χ0v) is 13.0. The third-order valence-electron chi connectivity index (χ3n) is 3.52. The number of rotatable bonds is 6. The smallest absolute Gasteiger partial charge is 0.347 e. The van der Waals surface area contributed by atoms with Crippen molar-refractivity contribution in [3.63, 3.8) is 0 Å². The van der Waals surface area contributed by atoms with Gasteiger partial charge in [0.15, 0.2) is 6.10 Å². The van der Waals surface area contributed by atoms with Gasteiger partial charge in [-0.05, 0) is 32.4 Å². The molecule has 5 nitrogen and oxygen atoms in total. The molecule has 2 rings (SSSR count). The normalized spacial score (nSPS) is 15.0. The van der Waals surface area contributed by atoms with Crippen molar-refractivity contribution in [1.82, 2.24) is 0 Å². The van der Waals surface area contributed by atoms with E-state index < -0.39 is 12.1 Å². The highest BCUT2D eigenvalue weighted by Crippen LogP contribution is 2.35.